The molecule has 0 saturated heterocycles. The number of halogens is 1. The molecule has 0 saturated carbocycles. The highest BCUT2D eigenvalue weighted by atomic mass is 79.9. The number of unbranched alkanes of at least 4 members (excludes halogenated alkanes) is 2. The molecule has 108 valence electrons. The van der Waals surface area contributed by atoms with Crippen LogP contribution in [0.2, 0.25) is 0 Å². The van der Waals surface area contributed by atoms with Crippen LogP contribution in [0.1, 0.15) is 52.5 Å². The van der Waals surface area contributed by atoms with Gasteiger partial charge in [-0.15, -0.1) is 11.8 Å². The van der Waals surface area contributed by atoms with E-state index in [0.717, 1.165) is 6.54 Å². The summed E-state index contributed by atoms with van der Waals surface area (Å²) in [6, 6.07) is 6.71. The minimum absolute atomic E-state index is 0.160. The molecule has 0 amide bonds. The predicted molar refractivity (Wildman–Crippen MR) is 91.0 cm³/mol. The lowest BCUT2D eigenvalue weighted by Gasteiger charge is -2.21. The molecule has 0 atom stereocenters. The van der Waals surface area contributed by atoms with E-state index in [9.17, 15) is 0 Å². The first-order chi connectivity index (χ1) is 8.92. The van der Waals surface area contributed by atoms with Gasteiger partial charge in [0.25, 0.3) is 0 Å². The third-order valence-electron chi connectivity index (χ3n) is 2.85. The summed E-state index contributed by atoms with van der Waals surface area (Å²) in [6.45, 7) is 9.74. The summed E-state index contributed by atoms with van der Waals surface area (Å²) in [5.41, 5.74) is 1.49. The van der Waals surface area contributed by atoms with Gasteiger partial charge in [-0.05, 0) is 50.6 Å². The van der Waals surface area contributed by atoms with Crippen molar-refractivity contribution >= 4 is 27.7 Å². The molecule has 0 spiro atoms. The molecule has 0 bridgehead atoms. The zero-order valence-corrected chi connectivity index (χ0v) is 15.0. The number of rotatable bonds is 7. The summed E-state index contributed by atoms with van der Waals surface area (Å²) >= 11 is 5.64. The van der Waals surface area contributed by atoms with E-state index in [4.69, 9.17) is 0 Å². The molecule has 0 aliphatic carbocycles. The first-order valence-electron chi connectivity index (χ1n) is 7.08. The maximum absolute atomic E-state index is 3.68. The van der Waals surface area contributed by atoms with Gasteiger partial charge in [0.05, 0.1) is 0 Å². The molecule has 0 heterocycles. The monoisotopic (exact) mass is 343 g/mol. The summed E-state index contributed by atoms with van der Waals surface area (Å²) in [5.74, 6) is 1.22. The normalized spacial score (nSPS) is 11.8. The lowest BCUT2D eigenvalue weighted by molar-refractivity contribution is 0.424. The summed E-state index contributed by atoms with van der Waals surface area (Å²) in [5, 5.41) is 3.52. The largest absolute Gasteiger partial charge is 0.308 e. The van der Waals surface area contributed by atoms with Crippen LogP contribution in [-0.4, -0.2) is 11.3 Å². The average molecular weight is 344 g/mol. The summed E-state index contributed by atoms with van der Waals surface area (Å²) in [6.07, 6.45) is 3.94. The van der Waals surface area contributed by atoms with Gasteiger partial charge in [0.1, 0.15) is 0 Å². The number of nitrogens with one attached hydrogen (secondary N) is 1. The van der Waals surface area contributed by atoms with Crippen molar-refractivity contribution in [2.24, 2.45) is 0 Å². The van der Waals surface area contributed by atoms with Crippen LogP contribution in [0.4, 0.5) is 0 Å². The fourth-order valence-corrected chi connectivity index (χ4v) is 3.28. The van der Waals surface area contributed by atoms with Gasteiger partial charge < -0.3 is 5.32 Å². The maximum atomic E-state index is 3.68. The van der Waals surface area contributed by atoms with Crippen LogP contribution in [0.15, 0.2) is 27.6 Å². The molecular weight excluding hydrogens is 318 g/mol. The second-order valence-corrected chi connectivity index (χ2v) is 7.94. The highest BCUT2D eigenvalue weighted by molar-refractivity contribution is 9.10. The first kappa shape index (κ1) is 17.1. The Morgan fingerprint density at radius 2 is 1.95 bits per heavy atom. The molecule has 0 unspecified atom stereocenters. The van der Waals surface area contributed by atoms with Crippen LogP contribution in [0.3, 0.4) is 0 Å². The van der Waals surface area contributed by atoms with Crippen molar-refractivity contribution in [3.05, 3.63) is 28.2 Å². The Labute approximate surface area is 131 Å². The number of hydrogen-bond donors (Lipinski definition) is 1. The zero-order chi connectivity index (χ0) is 14.3. The van der Waals surface area contributed by atoms with Crippen LogP contribution in [0.5, 0.6) is 0 Å². The van der Waals surface area contributed by atoms with Gasteiger partial charge in [0, 0.05) is 21.5 Å². The zero-order valence-electron chi connectivity index (χ0n) is 12.6. The predicted octanol–water partition coefficient (Wildman–Crippen LogP) is 5.62. The van der Waals surface area contributed by atoms with E-state index >= 15 is 0 Å². The molecule has 0 fully saturated rings. The van der Waals surface area contributed by atoms with Gasteiger partial charge in [-0.2, -0.15) is 0 Å². The number of benzene rings is 1. The van der Waals surface area contributed by atoms with Gasteiger partial charge in [0.2, 0.25) is 0 Å². The Bertz CT molecular complexity index is 385. The van der Waals surface area contributed by atoms with Crippen molar-refractivity contribution in [3.63, 3.8) is 0 Å². The third-order valence-corrected chi connectivity index (χ3v) is 4.67. The quantitative estimate of drug-likeness (QED) is 0.509. The molecule has 0 aliphatic heterocycles. The maximum Gasteiger partial charge on any atom is 0.0231 e. The summed E-state index contributed by atoms with van der Waals surface area (Å²) < 4.78 is 1.21. The van der Waals surface area contributed by atoms with E-state index in [1.54, 1.807) is 0 Å². The molecule has 3 heteroatoms. The molecule has 19 heavy (non-hydrogen) atoms. The molecular formula is C16H26BrNS. The second-order valence-electron chi connectivity index (χ2n) is 5.91. The molecule has 1 aromatic rings. The van der Waals surface area contributed by atoms with Crippen LogP contribution < -0.4 is 5.32 Å². The van der Waals surface area contributed by atoms with Gasteiger partial charge in [0.15, 0.2) is 0 Å². The van der Waals surface area contributed by atoms with E-state index in [2.05, 4.69) is 67.1 Å². The van der Waals surface area contributed by atoms with Crippen molar-refractivity contribution in [2.75, 3.05) is 5.75 Å². The Morgan fingerprint density at radius 3 is 2.53 bits per heavy atom. The fraction of sp³-hybridized carbons (Fsp3) is 0.625. The van der Waals surface area contributed by atoms with E-state index in [1.807, 2.05) is 11.8 Å². The minimum Gasteiger partial charge on any atom is -0.308 e. The number of thioether (sulfide) groups is 1. The van der Waals surface area contributed by atoms with Gasteiger partial charge in [-0.3, -0.25) is 0 Å². The van der Waals surface area contributed by atoms with Crippen molar-refractivity contribution in [2.45, 2.75) is 63.9 Å². The SMILES string of the molecule is CCCCCSc1ccc(CNC(C)(C)C)c(Br)c1. The van der Waals surface area contributed by atoms with Crippen LogP contribution in [-0.2, 0) is 6.54 Å². The topological polar surface area (TPSA) is 12.0 Å². The van der Waals surface area contributed by atoms with Crippen molar-refractivity contribution in [1.29, 1.82) is 0 Å². The average Bonchev–Trinajstić information content (AvgIpc) is 2.32. The molecule has 0 aromatic heterocycles. The molecule has 1 N–H and O–H groups in total. The second kappa shape index (κ2) is 8.33. The standard InChI is InChI=1S/C16H26BrNS/c1-5-6-7-10-19-14-9-8-13(15(17)11-14)12-18-16(2,3)4/h8-9,11,18H,5-7,10,12H2,1-4H3. The Balaban J connectivity index is 2.49. The van der Waals surface area contributed by atoms with Gasteiger partial charge in [-0.25, -0.2) is 0 Å². The smallest absolute Gasteiger partial charge is 0.0231 e. The van der Waals surface area contributed by atoms with Crippen molar-refractivity contribution in [1.82, 2.24) is 5.32 Å². The van der Waals surface area contributed by atoms with E-state index in [1.165, 1.54) is 39.9 Å². The van der Waals surface area contributed by atoms with Crippen molar-refractivity contribution < 1.29 is 0 Å². The molecule has 0 radical (unpaired) electrons. The molecule has 1 aromatic carbocycles. The van der Waals surface area contributed by atoms with Crippen LogP contribution in [0.25, 0.3) is 0 Å². The third kappa shape index (κ3) is 7.38. The fourth-order valence-electron chi connectivity index (χ4n) is 1.66. The Kier molecular flexibility index (Phi) is 7.48. The van der Waals surface area contributed by atoms with E-state index in [-0.39, 0.29) is 5.54 Å². The molecule has 1 nitrogen and oxygen atoms in total. The molecule has 0 aliphatic rings. The Morgan fingerprint density at radius 1 is 1.21 bits per heavy atom. The van der Waals surface area contributed by atoms with Crippen LogP contribution in [0, 0.1) is 0 Å². The summed E-state index contributed by atoms with van der Waals surface area (Å²) in [7, 11) is 0. The lowest BCUT2D eigenvalue weighted by Crippen LogP contribution is -2.35. The van der Waals surface area contributed by atoms with Crippen LogP contribution >= 0.6 is 27.7 Å². The number of hydrogen-bond acceptors (Lipinski definition) is 2. The van der Waals surface area contributed by atoms with Gasteiger partial charge in [-0.1, -0.05) is 41.8 Å². The highest BCUT2D eigenvalue weighted by Crippen LogP contribution is 2.26. The molecule has 1 rings (SSSR count). The minimum atomic E-state index is 0.160. The highest BCUT2D eigenvalue weighted by Gasteiger charge is 2.10. The summed E-state index contributed by atoms with van der Waals surface area (Å²) in [4.78, 5) is 1.36. The Hall–Kier alpha value is 0.01000. The lowest BCUT2D eigenvalue weighted by atomic mass is 10.1. The first-order valence-corrected chi connectivity index (χ1v) is 8.86. The van der Waals surface area contributed by atoms with Gasteiger partial charge >= 0.3 is 0 Å². The van der Waals surface area contributed by atoms with Crippen molar-refractivity contribution in [3.8, 4) is 0 Å². The van der Waals surface area contributed by atoms with E-state index < -0.39 is 0 Å². The van der Waals surface area contributed by atoms with E-state index in [0.29, 0.717) is 0 Å².